The van der Waals surface area contributed by atoms with Crippen molar-refractivity contribution in [1.29, 1.82) is 0 Å². The molecular weight excluding hydrogens is 348 g/mol. The lowest BCUT2D eigenvalue weighted by molar-refractivity contribution is -0.120. The van der Waals surface area contributed by atoms with Crippen molar-refractivity contribution >= 4 is 28.1 Å². The molecule has 112 valence electrons. The summed E-state index contributed by atoms with van der Waals surface area (Å²) in [4.78, 5) is 11.8. The molecule has 0 saturated heterocycles. The Morgan fingerprint density at radius 3 is 2.77 bits per heavy atom. The van der Waals surface area contributed by atoms with Crippen molar-refractivity contribution in [2.75, 3.05) is 6.79 Å². The number of hydrogen-bond acceptors (Lipinski definition) is 4. The Kier molecular flexibility index (Phi) is 4.39. The highest BCUT2D eigenvalue weighted by Gasteiger charge is 2.12. The highest BCUT2D eigenvalue weighted by molar-refractivity contribution is 9.10. The summed E-state index contributed by atoms with van der Waals surface area (Å²) in [6.07, 6.45) is 1.85. The predicted octanol–water partition coefficient (Wildman–Crippen LogP) is 2.87. The van der Waals surface area contributed by atoms with Crippen molar-refractivity contribution in [3.63, 3.8) is 0 Å². The molecule has 0 fully saturated rings. The van der Waals surface area contributed by atoms with Crippen LogP contribution >= 0.6 is 15.9 Å². The molecule has 1 amide bonds. The molecule has 0 atom stereocenters. The fourth-order valence-electron chi connectivity index (χ4n) is 2.00. The smallest absolute Gasteiger partial charge is 0.244 e. The Morgan fingerprint density at radius 2 is 1.95 bits per heavy atom. The minimum Gasteiger partial charge on any atom is -0.454 e. The van der Waals surface area contributed by atoms with Gasteiger partial charge in [-0.3, -0.25) is 4.79 Å². The molecule has 6 heteroatoms. The van der Waals surface area contributed by atoms with Crippen molar-refractivity contribution in [3.05, 3.63) is 58.1 Å². The van der Waals surface area contributed by atoms with E-state index in [1.165, 1.54) is 0 Å². The fraction of sp³-hybridized carbons (Fsp3) is 0.125. The minimum absolute atomic E-state index is 0.167. The molecule has 1 heterocycles. The van der Waals surface area contributed by atoms with Crippen LogP contribution in [-0.2, 0) is 11.2 Å². The lowest BCUT2D eigenvalue weighted by atomic mass is 10.1. The maximum atomic E-state index is 11.8. The number of nitrogens with zero attached hydrogens (tertiary/aromatic N) is 1. The van der Waals surface area contributed by atoms with E-state index in [9.17, 15) is 4.79 Å². The van der Waals surface area contributed by atoms with Gasteiger partial charge in [0.25, 0.3) is 0 Å². The average Bonchev–Trinajstić information content (AvgIpc) is 2.97. The zero-order valence-corrected chi connectivity index (χ0v) is 13.2. The van der Waals surface area contributed by atoms with Gasteiger partial charge in [0.15, 0.2) is 11.5 Å². The van der Waals surface area contributed by atoms with Crippen LogP contribution in [0, 0.1) is 0 Å². The number of hydrogen-bond donors (Lipinski definition) is 1. The Labute approximate surface area is 136 Å². The standard InChI is InChI=1S/C16H13BrN2O3/c17-13-4-1-11(2-5-13)8-16(20)19-18-9-12-3-6-14-15(7-12)22-10-21-14/h1-7,9H,8,10H2,(H,19,20). The zero-order chi connectivity index (χ0) is 15.4. The largest absolute Gasteiger partial charge is 0.454 e. The van der Waals surface area contributed by atoms with Crippen LogP contribution < -0.4 is 14.9 Å². The number of fused-ring (bicyclic) bond motifs is 1. The van der Waals surface area contributed by atoms with Crippen LogP contribution in [0.25, 0.3) is 0 Å². The molecule has 5 nitrogen and oxygen atoms in total. The van der Waals surface area contributed by atoms with Crippen molar-refractivity contribution in [1.82, 2.24) is 5.43 Å². The van der Waals surface area contributed by atoms with E-state index in [4.69, 9.17) is 9.47 Å². The number of benzene rings is 2. The lowest BCUT2D eigenvalue weighted by Gasteiger charge is -2.01. The molecule has 0 spiro atoms. The van der Waals surface area contributed by atoms with Gasteiger partial charge in [-0.05, 0) is 41.5 Å². The highest BCUT2D eigenvalue weighted by Crippen LogP contribution is 2.31. The number of rotatable bonds is 4. The molecule has 2 aromatic rings. The molecule has 0 aromatic heterocycles. The monoisotopic (exact) mass is 360 g/mol. The summed E-state index contributed by atoms with van der Waals surface area (Å²) < 4.78 is 11.5. The molecule has 3 rings (SSSR count). The number of carbonyl (C=O) groups is 1. The van der Waals surface area contributed by atoms with Crippen molar-refractivity contribution in [3.8, 4) is 11.5 Å². The van der Waals surface area contributed by atoms with Gasteiger partial charge in [0, 0.05) is 4.47 Å². The zero-order valence-electron chi connectivity index (χ0n) is 11.6. The third-order valence-electron chi connectivity index (χ3n) is 3.08. The van der Waals surface area contributed by atoms with Gasteiger partial charge in [0.1, 0.15) is 0 Å². The van der Waals surface area contributed by atoms with E-state index in [-0.39, 0.29) is 19.1 Å². The first-order valence-electron chi connectivity index (χ1n) is 6.67. The van der Waals surface area contributed by atoms with E-state index >= 15 is 0 Å². The minimum atomic E-state index is -0.167. The van der Waals surface area contributed by atoms with Gasteiger partial charge in [-0.1, -0.05) is 28.1 Å². The first-order valence-corrected chi connectivity index (χ1v) is 7.46. The molecule has 1 N–H and O–H groups in total. The number of ether oxygens (including phenoxy) is 2. The summed E-state index contributed by atoms with van der Waals surface area (Å²) in [5, 5.41) is 3.95. The van der Waals surface area contributed by atoms with Crippen LogP contribution in [0.5, 0.6) is 11.5 Å². The van der Waals surface area contributed by atoms with Crippen molar-refractivity contribution in [2.24, 2.45) is 5.10 Å². The summed E-state index contributed by atoms with van der Waals surface area (Å²) in [5.41, 5.74) is 4.27. The average molecular weight is 361 g/mol. The van der Waals surface area contributed by atoms with E-state index in [1.807, 2.05) is 42.5 Å². The van der Waals surface area contributed by atoms with E-state index in [0.717, 1.165) is 21.3 Å². The van der Waals surface area contributed by atoms with Crippen LogP contribution in [-0.4, -0.2) is 18.9 Å². The summed E-state index contributed by atoms with van der Waals surface area (Å²) in [6, 6.07) is 13.1. The van der Waals surface area contributed by atoms with E-state index < -0.39 is 0 Å². The van der Waals surface area contributed by atoms with Crippen molar-refractivity contribution in [2.45, 2.75) is 6.42 Å². The lowest BCUT2D eigenvalue weighted by Crippen LogP contribution is -2.19. The van der Waals surface area contributed by atoms with Crippen LogP contribution in [0.2, 0.25) is 0 Å². The third kappa shape index (κ3) is 3.65. The molecule has 0 bridgehead atoms. The molecule has 1 aliphatic heterocycles. The first-order chi connectivity index (χ1) is 10.7. The molecule has 0 unspecified atom stereocenters. The van der Waals surface area contributed by atoms with Crippen molar-refractivity contribution < 1.29 is 14.3 Å². The molecule has 0 saturated carbocycles. The van der Waals surface area contributed by atoms with Gasteiger partial charge in [0.2, 0.25) is 12.7 Å². The molecule has 22 heavy (non-hydrogen) atoms. The Hall–Kier alpha value is -2.34. The van der Waals surface area contributed by atoms with Crippen LogP contribution in [0.4, 0.5) is 0 Å². The topological polar surface area (TPSA) is 59.9 Å². The molecular formula is C16H13BrN2O3. The van der Waals surface area contributed by atoms with Crippen LogP contribution in [0.3, 0.4) is 0 Å². The summed E-state index contributed by atoms with van der Waals surface area (Å²) in [6.45, 7) is 0.236. The molecule has 2 aromatic carbocycles. The summed E-state index contributed by atoms with van der Waals surface area (Å²) >= 11 is 3.36. The summed E-state index contributed by atoms with van der Waals surface area (Å²) in [7, 11) is 0. The van der Waals surface area contributed by atoms with Gasteiger partial charge in [-0.25, -0.2) is 5.43 Å². The van der Waals surface area contributed by atoms with Gasteiger partial charge in [-0.15, -0.1) is 0 Å². The maximum absolute atomic E-state index is 11.8. The van der Waals surface area contributed by atoms with Gasteiger partial charge >= 0.3 is 0 Å². The number of hydrazone groups is 1. The highest BCUT2D eigenvalue weighted by atomic mass is 79.9. The molecule has 0 radical (unpaired) electrons. The number of amides is 1. The van der Waals surface area contributed by atoms with E-state index in [2.05, 4.69) is 26.5 Å². The maximum Gasteiger partial charge on any atom is 0.244 e. The van der Waals surface area contributed by atoms with Crippen LogP contribution in [0.1, 0.15) is 11.1 Å². The van der Waals surface area contributed by atoms with Crippen LogP contribution in [0.15, 0.2) is 52.0 Å². The quantitative estimate of drug-likeness (QED) is 0.673. The van der Waals surface area contributed by atoms with E-state index in [1.54, 1.807) is 6.21 Å². The molecule has 1 aliphatic rings. The predicted molar refractivity (Wildman–Crippen MR) is 86.1 cm³/mol. The second kappa shape index (κ2) is 6.62. The number of nitrogens with one attached hydrogen (secondary N) is 1. The Bertz CT molecular complexity index is 714. The normalized spacial score (nSPS) is 12.6. The second-order valence-electron chi connectivity index (χ2n) is 4.71. The third-order valence-corrected chi connectivity index (χ3v) is 3.61. The van der Waals surface area contributed by atoms with Gasteiger partial charge in [-0.2, -0.15) is 5.10 Å². The van der Waals surface area contributed by atoms with E-state index in [0.29, 0.717) is 5.75 Å². The Balaban J connectivity index is 1.55. The van der Waals surface area contributed by atoms with Gasteiger partial charge in [0.05, 0.1) is 12.6 Å². The molecule has 0 aliphatic carbocycles. The fourth-order valence-corrected chi connectivity index (χ4v) is 2.26. The van der Waals surface area contributed by atoms with Gasteiger partial charge < -0.3 is 9.47 Å². The Morgan fingerprint density at radius 1 is 1.18 bits per heavy atom. The first kappa shape index (κ1) is 14.6. The number of carbonyl (C=O) groups excluding carboxylic acids is 1. The second-order valence-corrected chi connectivity index (χ2v) is 5.62. The number of halogens is 1. The summed E-state index contributed by atoms with van der Waals surface area (Å²) in [5.74, 6) is 1.24. The SMILES string of the molecule is O=C(Cc1ccc(Br)cc1)NN=Cc1ccc2c(c1)OCO2.